The molecule has 0 radical (unpaired) electrons. The molecule has 0 saturated carbocycles. The summed E-state index contributed by atoms with van der Waals surface area (Å²) in [4.78, 5) is 27.6. The quantitative estimate of drug-likeness (QED) is 0.358. The van der Waals surface area contributed by atoms with Crippen molar-refractivity contribution in [3.05, 3.63) is 54.2 Å². The van der Waals surface area contributed by atoms with Crippen molar-refractivity contribution in [3.63, 3.8) is 0 Å². The molecule has 4 N–H and O–H groups in total. The van der Waals surface area contributed by atoms with Gasteiger partial charge >= 0.3 is 0 Å². The van der Waals surface area contributed by atoms with Crippen LogP contribution in [0.25, 0.3) is 11.0 Å². The lowest BCUT2D eigenvalue weighted by molar-refractivity contribution is -0.115. The van der Waals surface area contributed by atoms with Gasteiger partial charge in [0, 0.05) is 11.4 Å². The number of imidazole rings is 1. The van der Waals surface area contributed by atoms with Gasteiger partial charge in [-0.1, -0.05) is 0 Å². The maximum atomic E-state index is 14.4. The summed E-state index contributed by atoms with van der Waals surface area (Å²) in [6, 6.07) is 9.73. The number of halogens is 1. The second-order valence-electron chi connectivity index (χ2n) is 7.58. The van der Waals surface area contributed by atoms with Crippen LogP contribution < -0.4 is 16.0 Å². The number of H-pyrrole nitrogens is 1. The zero-order valence-corrected chi connectivity index (χ0v) is 18.3. The molecule has 4 aromatic rings. The number of amides is 1. The van der Waals surface area contributed by atoms with E-state index in [4.69, 9.17) is 0 Å². The largest absolute Gasteiger partial charge is 0.342 e. The summed E-state index contributed by atoms with van der Waals surface area (Å²) in [7, 11) is -3.78. The first-order valence-electron chi connectivity index (χ1n) is 9.92. The molecule has 1 unspecified atom stereocenters. The number of aromatic amines is 1. The summed E-state index contributed by atoms with van der Waals surface area (Å²) < 4.78 is 39.3. The molecule has 0 saturated heterocycles. The van der Waals surface area contributed by atoms with E-state index in [1.807, 2.05) is 19.1 Å². The summed E-state index contributed by atoms with van der Waals surface area (Å²) in [5, 5.41) is 7.21. The van der Waals surface area contributed by atoms with Crippen molar-refractivity contribution in [1.29, 1.82) is 0 Å². The predicted molar refractivity (Wildman–Crippen MR) is 121 cm³/mol. The van der Waals surface area contributed by atoms with Crippen LogP contribution >= 0.6 is 0 Å². The first-order valence-corrected chi connectivity index (χ1v) is 11.5. The Morgan fingerprint density at radius 2 is 1.82 bits per heavy atom. The lowest BCUT2D eigenvalue weighted by atomic mass is 10.2. The molecule has 5 rings (SSSR count). The van der Waals surface area contributed by atoms with Gasteiger partial charge in [-0.15, -0.1) is 0 Å². The number of carbonyl (C=O) groups excluding carboxylic acids is 1. The topological polar surface area (TPSA) is 142 Å². The Balaban J connectivity index is 1.42. The Bertz CT molecular complexity index is 1530. The molecule has 2 aromatic heterocycles. The van der Waals surface area contributed by atoms with Crippen LogP contribution in [0.3, 0.4) is 0 Å². The van der Waals surface area contributed by atoms with Gasteiger partial charge in [0.25, 0.3) is 0 Å². The molecule has 1 aliphatic rings. The van der Waals surface area contributed by atoms with E-state index in [2.05, 4.69) is 35.9 Å². The van der Waals surface area contributed by atoms with Gasteiger partial charge in [-0.2, -0.15) is 4.98 Å². The van der Waals surface area contributed by atoms with Crippen molar-refractivity contribution in [2.24, 2.45) is 0 Å². The number of sulfone groups is 1. The highest BCUT2D eigenvalue weighted by Gasteiger charge is 2.36. The maximum Gasteiger partial charge on any atom is 0.242 e. The van der Waals surface area contributed by atoms with Crippen molar-refractivity contribution >= 4 is 55.6 Å². The van der Waals surface area contributed by atoms with Crippen LogP contribution in [0, 0.1) is 12.7 Å². The lowest BCUT2D eigenvalue weighted by Gasteiger charge is -2.22. The summed E-state index contributed by atoms with van der Waals surface area (Å²) in [6.07, 6.45) is 1.02. The third-order valence-electron chi connectivity index (χ3n) is 5.24. The lowest BCUT2D eigenvalue weighted by Crippen LogP contribution is -2.37. The summed E-state index contributed by atoms with van der Waals surface area (Å²) in [5.74, 6) is -0.511. The van der Waals surface area contributed by atoms with E-state index in [-0.39, 0.29) is 22.3 Å². The third kappa shape index (κ3) is 3.74. The fourth-order valence-electron chi connectivity index (χ4n) is 3.52. The van der Waals surface area contributed by atoms with Crippen LogP contribution in [0.2, 0.25) is 0 Å². The van der Waals surface area contributed by atoms with Crippen LogP contribution in [0.4, 0.5) is 33.2 Å². The SMILES string of the molecule is Cc1nc2ccc(Nc3ncc(F)c(Nc4ccc5c(c4)NC(=O)C(C)S5(=O)=O)n3)cc2[nH]1. The van der Waals surface area contributed by atoms with Crippen LogP contribution in [0.1, 0.15) is 12.7 Å². The molecule has 12 heteroatoms. The monoisotopic (exact) mass is 467 g/mol. The van der Waals surface area contributed by atoms with Gasteiger partial charge in [0.05, 0.1) is 27.8 Å². The molecule has 3 heterocycles. The highest BCUT2D eigenvalue weighted by atomic mass is 32.2. The fourth-order valence-corrected chi connectivity index (χ4v) is 4.91. The number of nitrogens with zero attached hydrogens (tertiary/aromatic N) is 3. The Hall–Kier alpha value is -4.06. The number of carbonyl (C=O) groups is 1. The Morgan fingerprint density at radius 3 is 2.64 bits per heavy atom. The molecule has 33 heavy (non-hydrogen) atoms. The van der Waals surface area contributed by atoms with Gasteiger partial charge < -0.3 is 20.9 Å². The number of hydrogen-bond acceptors (Lipinski definition) is 8. The van der Waals surface area contributed by atoms with Crippen molar-refractivity contribution in [3.8, 4) is 0 Å². The average molecular weight is 467 g/mol. The van der Waals surface area contributed by atoms with Gasteiger partial charge in [-0.3, -0.25) is 4.79 Å². The minimum Gasteiger partial charge on any atom is -0.342 e. The number of rotatable bonds is 4. The summed E-state index contributed by atoms with van der Waals surface area (Å²) in [6.45, 7) is 3.19. The predicted octanol–water partition coefficient (Wildman–Crippen LogP) is 3.40. The van der Waals surface area contributed by atoms with Gasteiger partial charge in [-0.25, -0.2) is 22.8 Å². The van der Waals surface area contributed by atoms with Crippen LogP contribution in [0.15, 0.2) is 47.5 Å². The number of hydrogen-bond donors (Lipinski definition) is 4. The smallest absolute Gasteiger partial charge is 0.242 e. The van der Waals surface area contributed by atoms with Gasteiger partial charge in [-0.05, 0) is 50.2 Å². The molecule has 168 valence electrons. The minimum absolute atomic E-state index is 0.00935. The first-order chi connectivity index (χ1) is 15.7. The molecular formula is C21H18FN7O3S. The van der Waals surface area contributed by atoms with E-state index in [9.17, 15) is 17.6 Å². The van der Waals surface area contributed by atoms with Crippen molar-refractivity contribution in [2.45, 2.75) is 24.0 Å². The Kier molecular flexibility index (Phi) is 4.74. The zero-order chi connectivity index (χ0) is 23.3. The molecule has 1 atom stereocenters. The number of nitrogens with one attached hydrogen (secondary N) is 4. The number of anilines is 5. The fraction of sp³-hybridized carbons (Fsp3) is 0.143. The van der Waals surface area contributed by atoms with Gasteiger partial charge in [0.2, 0.25) is 11.9 Å². The molecule has 0 bridgehead atoms. The number of fused-ring (bicyclic) bond motifs is 2. The number of aromatic nitrogens is 4. The molecular weight excluding hydrogens is 449 g/mol. The van der Waals surface area contributed by atoms with Crippen LogP contribution in [-0.4, -0.2) is 39.5 Å². The summed E-state index contributed by atoms with van der Waals surface area (Å²) >= 11 is 0. The molecule has 1 amide bonds. The highest BCUT2D eigenvalue weighted by molar-refractivity contribution is 7.93. The van der Waals surface area contributed by atoms with Crippen LogP contribution in [-0.2, 0) is 14.6 Å². The van der Waals surface area contributed by atoms with E-state index in [0.29, 0.717) is 11.4 Å². The van der Waals surface area contributed by atoms with E-state index in [1.165, 1.54) is 25.1 Å². The van der Waals surface area contributed by atoms with Crippen molar-refractivity contribution in [1.82, 2.24) is 19.9 Å². The van der Waals surface area contributed by atoms with E-state index >= 15 is 0 Å². The van der Waals surface area contributed by atoms with Gasteiger partial charge in [0.1, 0.15) is 11.1 Å². The molecule has 1 aliphatic heterocycles. The number of aryl methyl sites for hydroxylation is 1. The average Bonchev–Trinajstić information content (AvgIpc) is 3.14. The third-order valence-corrected chi connectivity index (χ3v) is 7.36. The van der Waals surface area contributed by atoms with E-state index < -0.39 is 26.8 Å². The zero-order valence-electron chi connectivity index (χ0n) is 17.5. The minimum atomic E-state index is -3.78. The van der Waals surface area contributed by atoms with Gasteiger partial charge in [0.15, 0.2) is 21.5 Å². The molecule has 0 spiro atoms. The second-order valence-corrected chi connectivity index (χ2v) is 9.82. The second kappa shape index (κ2) is 7.52. The molecule has 10 nitrogen and oxygen atoms in total. The number of benzene rings is 2. The molecule has 0 aliphatic carbocycles. The molecule has 2 aromatic carbocycles. The van der Waals surface area contributed by atoms with E-state index in [1.54, 1.807) is 6.07 Å². The normalized spacial score (nSPS) is 16.8. The Labute approximate surface area is 187 Å². The Morgan fingerprint density at radius 1 is 1.06 bits per heavy atom. The van der Waals surface area contributed by atoms with Crippen LogP contribution in [0.5, 0.6) is 0 Å². The highest BCUT2D eigenvalue weighted by Crippen LogP contribution is 2.33. The summed E-state index contributed by atoms with van der Waals surface area (Å²) in [5.41, 5.74) is 2.80. The first kappa shape index (κ1) is 20.8. The molecule has 0 fully saturated rings. The standard InChI is InChI=1S/C21H18FN7O3S/c1-10-20(30)28-17-8-12(4-6-18(17)33(10,31)32)26-19-14(22)9-23-21(29-19)27-13-3-5-15-16(7-13)25-11(2)24-15/h3-10H,1-2H3,(H,24,25)(H,28,30)(H2,23,26,27,29). The van der Waals surface area contributed by atoms with Crippen molar-refractivity contribution < 1.29 is 17.6 Å². The van der Waals surface area contributed by atoms with Crippen molar-refractivity contribution in [2.75, 3.05) is 16.0 Å². The van der Waals surface area contributed by atoms with E-state index in [0.717, 1.165) is 23.1 Å². The maximum absolute atomic E-state index is 14.4.